The minimum atomic E-state index is -1.71. The van der Waals surface area contributed by atoms with Crippen molar-refractivity contribution in [3.63, 3.8) is 0 Å². The van der Waals surface area contributed by atoms with Crippen molar-refractivity contribution in [1.29, 1.82) is 0 Å². The van der Waals surface area contributed by atoms with Gasteiger partial charge in [0, 0.05) is 25.6 Å². The summed E-state index contributed by atoms with van der Waals surface area (Å²) in [5, 5.41) is 10.9. The van der Waals surface area contributed by atoms with Crippen LogP contribution in [-0.4, -0.2) is 66.8 Å². The molecule has 0 aromatic heterocycles. The van der Waals surface area contributed by atoms with Gasteiger partial charge >= 0.3 is 0 Å². The van der Waals surface area contributed by atoms with Crippen molar-refractivity contribution in [3.8, 4) is 0 Å². The molecule has 2 heterocycles. The summed E-state index contributed by atoms with van der Waals surface area (Å²) in [5.74, 6) is 0.236. The van der Waals surface area contributed by atoms with Gasteiger partial charge in [0.25, 0.3) is 12.4 Å². The standard InChI is InChI=1S/C26H36N2O6/c1-5-8-19(14-20(9-6-2)34-18-30)15-27-23-12-13-28-24(23)11-10-22(26(32,7-3)17-29)21(16-33-4)25(28)31/h9,11,14,17-18,32H,5-8,10,12-13,15-16H2,1-4H3/b19-14-,20-9+,27-23?/t26-/m1/s1. The van der Waals surface area contributed by atoms with Crippen LogP contribution >= 0.6 is 0 Å². The maximum atomic E-state index is 13.4. The molecule has 186 valence electrons. The van der Waals surface area contributed by atoms with E-state index in [0.717, 1.165) is 30.5 Å². The first-order chi connectivity index (χ1) is 16.4. The van der Waals surface area contributed by atoms with Gasteiger partial charge in [0.15, 0.2) is 6.29 Å². The summed E-state index contributed by atoms with van der Waals surface area (Å²) >= 11 is 0. The van der Waals surface area contributed by atoms with Crippen molar-refractivity contribution in [3.05, 3.63) is 46.4 Å². The van der Waals surface area contributed by atoms with Crippen LogP contribution in [0.2, 0.25) is 0 Å². The lowest BCUT2D eigenvalue weighted by atomic mass is 9.86. The van der Waals surface area contributed by atoms with Gasteiger partial charge in [-0.05, 0) is 49.0 Å². The molecule has 2 aliphatic heterocycles. The van der Waals surface area contributed by atoms with E-state index in [0.29, 0.717) is 54.9 Å². The molecule has 0 aromatic rings. The van der Waals surface area contributed by atoms with Crippen LogP contribution in [0.4, 0.5) is 0 Å². The normalized spacial score (nSPS) is 20.1. The SMILES string of the molecule is CC/C=C(\C=C(\CCC)CN=C1CCN2C(=O)C(COC)=C([C@](O)(C=O)CC)CC=C12)OC=O. The Labute approximate surface area is 201 Å². The van der Waals surface area contributed by atoms with Gasteiger partial charge in [-0.2, -0.15) is 0 Å². The molecule has 0 bridgehead atoms. The second-order valence-electron chi connectivity index (χ2n) is 8.33. The van der Waals surface area contributed by atoms with Crippen molar-refractivity contribution in [2.75, 3.05) is 26.8 Å². The Morgan fingerprint density at radius 1 is 1.29 bits per heavy atom. The number of methoxy groups -OCH3 is 1. The minimum absolute atomic E-state index is 0.0150. The van der Waals surface area contributed by atoms with E-state index in [-0.39, 0.29) is 25.4 Å². The lowest BCUT2D eigenvalue weighted by Gasteiger charge is -2.26. The second kappa shape index (κ2) is 13.2. The number of rotatable bonds is 13. The summed E-state index contributed by atoms with van der Waals surface area (Å²) in [6.45, 7) is 7.07. The number of aliphatic imine (C=N–C) groups is 1. The number of nitrogens with zero attached hydrogens (tertiary/aromatic N) is 2. The van der Waals surface area contributed by atoms with Crippen LogP contribution in [0.25, 0.3) is 0 Å². The van der Waals surface area contributed by atoms with Gasteiger partial charge in [-0.25, -0.2) is 0 Å². The van der Waals surface area contributed by atoms with Crippen LogP contribution in [0.5, 0.6) is 0 Å². The highest BCUT2D eigenvalue weighted by Gasteiger charge is 2.39. The van der Waals surface area contributed by atoms with Crippen LogP contribution in [0.1, 0.15) is 59.3 Å². The molecule has 0 saturated carbocycles. The highest BCUT2D eigenvalue weighted by atomic mass is 16.5. The first kappa shape index (κ1) is 27.4. The zero-order valence-corrected chi connectivity index (χ0v) is 20.6. The van der Waals surface area contributed by atoms with Gasteiger partial charge in [0.2, 0.25) is 0 Å². The molecule has 0 aliphatic carbocycles. The fourth-order valence-corrected chi connectivity index (χ4v) is 4.25. The number of hydrogen-bond acceptors (Lipinski definition) is 7. The Kier molecular flexibility index (Phi) is 10.6. The van der Waals surface area contributed by atoms with Gasteiger partial charge in [-0.3, -0.25) is 19.4 Å². The summed E-state index contributed by atoms with van der Waals surface area (Å²) in [6.07, 6.45) is 9.55. The molecule has 1 amide bonds. The first-order valence-electron chi connectivity index (χ1n) is 11.8. The van der Waals surface area contributed by atoms with E-state index >= 15 is 0 Å². The average molecular weight is 473 g/mol. The maximum Gasteiger partial charge on any atom is 0.298 e. The average Bonchev–Trinajstić information content (AvgIpc) is 3.18. The van der Waals surface area contributed by atoms with Crippen LogP contribution in [-0.2, 0) is 23.9 Å². The summed E-state index contributed by atoms with van der Waals surface area (Å²) in [5.41, 5.74) is 1.52. The van der Waals surface area contributed by atoms with E-state index < -0.39 is 5.60 Å². The molecule has 1 atom stereocenters. The van der Waals surface area contributed by atoms with Crippen molar-refractivity contribution in [2.24, 2.45) is 4.99 Å². The molecule has 2 aliphatic rings. The molecular weight excluding hydrogens is 436 g/mol. The summed E-state index contributed by atoms with van der Waals surface area (Å²) in [6, 6.07) is 0. The topological polar surface area (TPSA) is 106 Å². The zero-order valence-electron chi connectivity index (χ0n) is 20.6. The Hall–Kier alpha value is -2.84. The van der Waals surface area contributed by atoms with E-state index in [2.05, 4.69) is 6.92 Å². The lowest BCUT2D eigenvalue weighted by Crippen LogP contribution is -2.36. The Bertz CT molecular complexity index is 928. The van der Waals surface area contributed by atoms with Gasteiger partial charge in [0.05, 0.1) is 24.6 Å². The van der Waals surface area contributed by atoms with Crippen molar-refractivity contribution < 1.29 is 29.0 Å². The van der Waals surface area contributed by atoms with Crippen LogP contribution in [0, 0.1) is 0 Å². The number of carbonyl (C=O) groups is 3. The molecule has 0 spiro atoms. The first-order valence-corrected chi connectivity index (χ1v) is 11.8. The van der Waals surface area contributed by atoms with Crippen LogP contribution in [0.3, 0.4) is 0 Å². The quantitative estimate of drug-likeness (QED) is 0.250. The van der Waals surface area contributed by atoms with Gasteiger partial charge in [-0.1, -0.05) is 33.3 Å². The number of allylic oxidation sites excluding steroid dienone is 4. The molecular formula is C26H36N2O6. The van der Waals surface area contributed by atoms with Crippen molar-refractivity contribution in [1.82, 2.24) is 4.90 Å². The predicted molar refractivity (Wildman–Crippen MR) is 130 cm³/mol. The molecule has 1 saturated heterocycles. The number of aliphatic hydroxyl groups is 1. The molecule has 0 radical (unpaired) electrons. The van der Waals surface area contributed by atoms with Crippen LogP contribution in [0.15, 0.2) is 51.4 Å². The molecule has 1 N–H and O–H groups in total. The van der Waals surface area contributed by atoms with E-state index in [1.807, 2.05) is 25.2 Å². The van der Waals surface area contributed by atoms with E-state index in [1.54, 1.807) is 11.8 Å². The molecule has 8 nitrogen and oxygen atoms in total. The minimum Gasteiger partial charge on any atom is -0.429 e. The van der Waals surface area contributed by atoms with Crippen molar-refractivity contribution in [2.45, 2.75) is 64.9 Å². The highest BCUT2D eigenvalue weighted by molar-refractivity contribution is 6.09. The number of carbonyl (C=O) groups excluding carboxylic acids is 3. The summed E-state index contributed by atoms with van der Waals surface area (Å²) in [4.78, 5) is 42.4. The zero-order chi connectivity index (χ0) is 25.1. The molecule has 8 heteroatoms. The molecule has 0 unspecified atom stereocenters. The van der Waals surface area contributed by atoms with Gasteiger partial charge in [-0.15, -0.1) is 0 Å². The van der Waals surface area contributed by atoms with Crippen LogP contribution < -0.4 is 0 Å². The predicted octanol–water partition coefficient (Wildman–Crippen LogP) is 3.42. The fraction of sp³-hybridized carbons (Fsp3) is 0.538. The monoisotopic (exact) mass is 472 g/mol. The number of ether oxygens (including phenoxy) is 2. The number of fused-ring (bicyclic) bond motifs is 1. The van der Waals surface area contributed by atoms with E-state index in [4.69, 9.17) is 14.5 Å². The Balaban J connectivity index is 2.38. The summed E-state index contributed by atoms with van der Waals surface area (Å²) in [7, 11) is 1.48. The Morgan fingerprint density at radius 2 is 2.06 bits per heavy atom. The lowest BCUT2D eigenvalue weighted by molar-refractivity contribution is -0.126. The fourth-order valence-electron chi connectivity index (χ4n) is 4.25. The molecule has 0 aromatic carbocycles. The third-order valence-electron chi connectivity index (χ3n) is 6.05. The van der Waals surface area contributed by atoms with E-state index in [1.165, 1.54) is 7.11 Å². The van der Waals surface area contributed by atoms with Gasteiger partial charge in [0.1, 0.15) is 11.4 Å². The third kappa shape index (κ3) is 6.39. The molecule has 1 fully saturated rings. The van der Waals surface area contributed by atoms with E-state index in [9.17, 15) is 19.5 Å². The molecule has 34 heavy (non-hydrogen) atoms. The maximum absolute atomic E-state index is 13.4. The molecule has 2 rings (SSSR count). The van der Waals surface area contributed by atoms with Crippen molar-refractivity contribution >= 4 is 24.4 Å². The number of aldehydes is 1. The smallest absolute Gasteiger partial charge is 0.298 e. The summed E-state index contributed by atoms with van der Waals surface area (Å²) < 4.78 is 10.3. The highest BCUT2D eigenvalue weighted by Crippen LogP contribution is 2.34. The van der Waals surface area contributed by atoms with Gasteiger partial charge < -0.3 is 19.5 Å². The number of hydrogen-bond donors (Lipinski definition) is 1. The number of amides is 1. The Morgan fingerprint density at radius 3 is 2.65 bits per heavy atom. The third-order valence-corrected chi connectivity index (χ3v) is 6.05. The second-order valence-corrected chi connectivity index (χ2v) is 8.33. The largest absolute Gasteiger partial charge is 0.429 e.